The average Bonchev–Trinajstić information content (AvgIpc) is 2.46. The zero-order valence-corrected chi connectivity index (χ0v) is 11.8. The zero-order chi connectivity index (χ0) is 13.8. The van der Waals surface area contributed by atoms with Crippen LogP contribution < -0.4 is 15.4 Å². The summed E-state index contributed by atoms with van der Waals surface area (Å²) in [5, 5.41) is 7.73. The van der Waals surface area contributed by atoms with Gasteiger partial charge in [0.1, 0.15) is 11.6 Å². The molecule has 1 aromatic rings. The Balaban J connectivity index is 2.32. The summed E-state index contributed by atoms with van der Waals surface area (Å²) in [6, 6.07) is 5.74. The van der Waals surface area contributed by atoms with Gasteiger partial charge in [-0.1, -0.05) is 13.3 Å². The fourth-order valence-electron chi connectivity index (χ4n) is 2.74. The molecule has 0 radical (unpaired) electrons. The summed E-state index contributed by atoms with van der Waals surface area (Å²) in [7, 11) is 1.66. The summed E-state index contributed by atoms with van der Waals surface area (Å²) >= 11 is 0. The first-order valence-corrected chi connectivity index (χ1v) is 6.93. The molecule has 1 fully saturated rings. The van der Waals surface area contributed by atoms with Crippen molar-refractivity contribution in [3.05, 3.63) is 23.8 Å². The number of methoxy groups -OCH3 is 1. The number of nitrogens with two attached hydrogens (primary N) is 1. The van der Waals surface area contributed by atoms with Crippen LogP contribution in [0.25, 0.3) is 0 Å². The van der Waals surface area contributed by atoms with Crippen molar-refractivity contribution in [1.29, 1.82) is 5.41 Å². The number of hydrogen-bond donors (Lipinski definition) is 2. The lowest BCUT2D eigenvalue weighted by molar-refractivity contribution is 0.401. The van der Waals surface area contributed by atoms with Crippen LogP contribution in [0.15, 0.2) is 18.2 Å². The molecule has 3 N–H and O–H groups in total. The highest BCUT2D eigenvalue weighted by Crippen LogP contribution is 2.30. The predicted octanol–water partition coefficient (Wildman–Crippen LogP) is 2.61. The van der Waals surface area contributed by atoms with Crippen molar-refractivity contribution in [3.63, 3.8) is 0 Å². The third-order valence-electron chi connectivity index (χ3n) is 3.93. The fourth-order valence-corrected chi connectivity index (χ4v) is 2.74. The molecule has 4 nitrogen and oxygen atoms in total. The Kier molecular flexibility index (Phi) is 4.30. The van der Waals surface area contributed by atoms with Crippen molar-refractivity contribution >= 4 is 11.5 Å². The molecule has 104 valence electrons. The lowest BCUT2D eigenvalue weighted by Crippen LogP contribution is -2.36. The van der Waals surface area contributed by atoms with E-state index in [1.54, 1.807) is 7.11 Å². The summed E-state index contributed by atoms with van der Waals surface area (Å²) in [5.41, 5.74) is 7.53. The summed E-state index contributed by atoms with van der Waals surface area (Å²) in [5.74, 6) is 1.68. The van der Waals surface area contributed by atoms with Gasteiger partial charge in [-0.05, 0) is 30.9 Å². The van der Waals surface area contributed by atoms with Gasteiger partial charge in [0.2, 0.25) is 0 Å². The molecular formula is C15H23N3O. The van der Waals surface area contributed by atoms with Crippen LogP contribution in [0.5, 0.6) is 5.75 Å². The van der Waals surface area contributed by atoms with Crippen LogP contribution in [-0.2, 0) is 0 Å². The van der Waals surface area contributed by atoms with E-state index in [1.807, 2.05) is 18.2 Å². The first kappa shape index (κ1) is 13.7. The van der Waals surface area contributed by atoms with Gasteiger partial charge in [-0.15, -0.1) is 0 Å². The summed E-state index contributed by atoms with van der Waals surface area (Å²) in [6.45, 7) is 4.32. The van der Waals surface area contributed by atoms with Crippen molar-refractivity contribution in [3.8, 4) is 5.75 Å². The highest BCUT2D eigenvalue weighted by atomic mass is 16.5. The van der Waals surface area contributed by atoms with Crippen molar-refractivity contribution in [1.82, 2.24) is 0 Å². The molecule has 0 saturated carbocycles. The highest BCUT2D eigenvalue weighted by molar-refractivity contribution is 6.00. The van der Waals surface area contributed by atoms with E-state index in [2.05, 4.69) is 11.8 Å². The van der Waals surface area contributed by atoms with Crippen molar-refractivity contribution in [2.45, 2.75) is 26.2 Å². The molecule has 1 unspecified atom stereocenters. The quantitative estimate of drug-likeness (QED) is 0.647. The molecular weight excluding hydrogens is 238 g/mol. The van der Waals surface area contributed by atoms with E-state index in [0.717, 1.165) is 36.0 Å². The van der Waals surface area contributed by atoms with Crippen LogP contribution in [0.1, 0.15) is 31.7 Å². The van der Waals surface area contributed by atoms with Crippen LogP contribution in [0.2, 0.25) is 0 Å². The molecule has 4 heteroatoms. The number of benzene rings is 1. The maximum Gasteiger partial charge on any atom is 0.124 e. The van der Waals surface area contributed by atoms with E-state index in [-0.39, 0.29) is 5.84 Å². The minimum atomic E-state index is 0.122. The maximum atomic E-state index is 7.73. The van der Waals surface area contributed by atoms with Crippen LogP contribution in [0.3, 0.4) is 0 Å². The lowest BCUT2D eigenvalue weighted by atomic mass is 9.94. The van der Waals surface area contributed by atoms with E-state index >= 15 is 0 Å². The van der Waals surface area contributed by atoms with E-state index in [1.165, 1.54) is 19.3 Å². The molecule has 0 aromatic heterocycles. The highest BCUT2D eigenvalue weighted by Gasteiger charge is 2.21. The minimum Gasteiger partial charge on any atom is -0.497 e. The normalized spacial score (nSPS) is 19.3. The molecule has 1 atom stereocenters. The second-order valence-corrected chi connectivity index (χ2v) is 5.16. The third-order valence-corrected chi connectivity index (χ3v) is 3.93. The van der Waals surface area contributed by atoms with Crippen LogP contribution in [0.4, 0.5) is 5.69 Å². The van der Waals surface area contributed by atoms with Gasteiger partial charge in [-0.25, -0.2) is 0 Å². The molecule has 1 heterocycles. The van der Waals surface area contributed by atoms with Gasteiger partial charge >= 0.3 is 0 Å². The topological polar surface area (TPSA) is 62.3 Å². The zero-order valence-electron chi connectivity index (χ0n) is 11.8. The first-order chi connectivity index (χ1) is 9.15. The molecule has 1 aliphatic heterocycles. The Labute approximate surface area is 115 Å². The second-order valence-electron chi connectivity index (χ2n) is 5.16. The molecule has 1 aliphatic rings. The Morgan fingerprint density at radius 1 is 1.53 bits per heavy atom. The standard InChI is InChI=1S/C15H23N3O/c1-3-11-5-4-8-18(10-11)14-9-12(19-2)6-7-13(14)15(16)17/h6-7,9,11H,3-5,8,10H2,1-2H3,(H3,16,17). The Bertz CT molecular complexity index is 459. The predicted molar refractivity (Wildman–Crippen MR) is 79.2 cm³/mol. The van der Waals surface area contributed by atoms with E-state index in [0.29, 0.717) is 0 Å². The smallest absolute Gasteiger partial charge is 0.124 e. The van der Waals surface area contributed by atoms with Gasteiger partial charge < -0.3 is 15.4 Å². The minimum absolute atomic E-state index is 0.122. The van der Waals surface area contributed by atoms with E-state index < -0.39 is 0 Å². The number of ether oxygens (including phenoxy) is 1. The number of nitrogens with zero attached hydrogens (tertiary/aromatic N) is 1. The second kappa shape index (κ2) is 5.95. The lowest BCUT2D eigenvalue weighted by Gasteiger charge is -2.35. The number of nitrogens with one attached hydrogen (secondary N) is 1. The Hall–Kier alpha value is -1.71. The van der Waals surface area contributed by atoms with Crippen LogP contribution in [0, 0.1) is 11.3 Å². The van der Waals surface area contributed by atoms with Crippen LogP contribution >= 0.6 is 0 Å². The number of hydrogen-bond acceptors (Lipinski definition) is 3. The SMILES string of the molecule is CCC1CCCN(c2cc(OC)ccc2C(=N)N)C1. The van der Waals surface area contributed by atoms with Crippen molar-refractivity contribution < 1.29 is 4.74 Å². The van der Waals surface area contributed by atoms with Gasteiger partial charge in [0.15, 0.2) is 0 Å². The van der Waals surface area contributed by atoms with Gasteiger partial charge in [-0.3, -0.25) is 5.41 Å². The number of nitrogen functional groups attached to an aromatic ring is 1. The molecule has 0 amide bonds. The first-order valence-electron chi connectivity index (χ1n) is 6.93. The fraction of sp³-hybridized carbons (Fsp3) is 0.533. The van der Waals surface area contributed by atoms with Crippen molar-refractivity contribution in [2.24, 2.45) is 11.7 Å². The van der Waals surface area contributed by atoms with E-state index in [9.17, 15) is 0 Å². The molecule has 0 aliphatic carbocycles. The largest absolute Gasteiger partial charge is 0.497 e. The number of amidine groups is 1. The van der Waals surface area contributed by atoms with Crippen LogP contribution in [-0.4, -0.2) is 26.0 Å². The Morgan fingerprint density at radius 3 is 2.95 bits per heavy atom. The molecule has 0 bridgehead atoms. The van der Waals surface area contributed by atoms with Gasteiger partial charge in [0, 0.05) is 24.7 Å². The Morgan fingerprint density at radius 2 is 2.32 bits per heavy atom. The summed E-state index contributed by atoms with van der Waals surface area (Å²) in [6.07, 6.45) is 3.70. The van der Waals surface area contributed by atoms with Crippen molar-refractivity contribution in [2.75, 3.05) is 25.1 Å². The number of anilines is 1. The van der Waals surface area contributed by atoms with Gasteiger partial charge in [0.25, 0.3) is 0 Å². The van der Waals surface area contributed by atoms with Gasteiger partial charge in [-0.2, -0.15) is 0 Å². The third kappa shape index (κ3) is 3.00. The monoisotopic (exact) mass is 261 g/mol. The molecule has 0 spiro atoms. The average molecular weight is 261 g/mol. The van der Waals surface area contributed by atoms with Gasteiger partial charge in [0.05, 0.1) is 12.8 Å². The molecule has 2 rings (SSSR count). The summed E-state index contributed by atoms with van der Waals surface area (Å²) < 4.78 is 5.30. The summed E-state index contributed by atoms with van der Waals surface area (Å²) in [4.78, 5) is 2.34. The maximum absolute atomic E-state index is 7.73. The molecule has 19 heavy (non-hydrogen) atoms. The number of piperidine rings is 1. The van der Waals surface area contributed by atoms with E-state index in [4.69, 9.17) is 15.9 Å². The number of rotatable bonds is 4. The molecule has 1 saturated heterocycles. The molecule has 1 aromatic carbocycles.